The molecule has 0 radical (unpaired) electrons. The normalized spacial score (nSPS) is 48.1. The van der Waals surface area contributed by atoms with Gasteiger partial charge in [-0.15, -0.1) is 0 Å². The first kappa shape index (κ1) is 25.5. The van der Waals surface area contributed by atoms with Crippen molar-refractivity contribution < 1.29 is 19.4 Å². The lowest BCUT2D eigenvalue weighted by molar-refractivity contribution is -0.239. The molecule has 0 aromatic rings. The minimum absolute atomic E-state index is 0.0339. The standard InChI is InChI=1S/C30H46O4/c1-18(2)20-11-14-30(8)22(28(20,6)13-12-23(31)32)10-9-21-25-26(19(3)4)34-24(33)17-27(25,5)15-16-29(21,30)7/h20-22,25-26H,1,3,9-17H2,2,4-8H3,(H,31,32)/t20-,21+,22+,25-,26-,27-,28-,29+,30+/m0/s1. The molecule has 0 amide bonds. The number of carbonyl (C=O) groups is 2. The number of aliphatic carboxylic acids is 1. The van der Waals surface area contributed by atoms with Crippen LogP contribution in [-0.2, 0) is 14.3 Å². The molecule has 1 heterocycles. The molecule has 0 aromatic carbocycles. The Morgan fingerprint density at radius 1 is 1.00 bits per heavy atom. The number of carbonyl (C=O) groups excluding carboxylic acids is 1. The molecule has 3 saturated carbocycles. The van der Waals surface area contributed by atoms with Crippen LogP contribution in [0.25, 0.3) is 0 Å². The third-order valence-corrected chi connectivity index (χ3v) is 11.7. The van der Waals surface area contributed by atoms with E-state index in [2.05, 4.69) is 47.8 Å². The molecule has 1 saturated heterocycles. The lowest BCUT2D eigenvalue weighted by Crippen LogP contribution is -2.66. The zero-order valence-electron chi connectivity index (χ0n) is 22.3. The van der Waals surface area contributed by atoms with Gasteiger partial charge in [-0.05, 0) is 104 Å². The zero-order chi connectivity index (χ0) is 25.3. The van der Waals surface area contributed by atoms with Crippen LogP contribution in [0.4, 0.5) is 0 Å². The molecule has 4 fully saturated rings. The van der Waals surface area contributed by atoms with Crippen LogP contribution >= 0.6 is 0 Å². The minimum Gasteiger partial charge on any atom is -0.481 e. The Kier molecular flexibility index (Phi) is 6.18. The quantitative estimate of drug-likeness (QED) is 0.341. The molecule has 1 N–H and O–H groups in total. The van der Waals surface area contributed by atoms with E-state index >= 15 is 0 Å². The van der Waals surface area contributed by atoms with E-state index < -0.39 is 5.97 Å². The summed E-state index contributed by atoms with van der Waals surface area (Å²) >= 11 is 0. The first-order valence-corrected chi connectivity index (χ1v) is 13.4. The Morgan fingerprint density at radius 3 is 2.26 bits per heavy atom. The second kappa shape index (κ2) is 8.23. The van der Waals surface area contributed by atoms with Crippen molar-refractivity contribution in [2.75, 3.05) is 0 Å². The number of hydrogen-bond donors (Lipinski definition) is 1. The molecule has 0 spiro atoms. The van der Waals surface area contributed by atoms with Crippen molar-refractivity contribution in [2.45, 2.75) is 105 Å². The molecule has 34 heavy (non-hydrogen) atoms. The lowest BCUT2D eigenvalue weighted by atomic mass is 9.33. The van der Waals surface area contributed by atoms with Crippen molar-refractivity contribution in [2.24, 2.45) is 45.3 Å². The van der Waals surface area contributed by atoms with Crippen molar-refractivity contribution in [3.8, 4) is 0 Å². The van der Waals surface area contributed by atoms with Crippen molar-refractivity contribution in [3.63, 3.8) is 0 Å². The highest BCUT2D eigenvalue weighted by Gasteiger charge is 2.68. The fraction of sp³-hybridized carbons (Fsp3) is 0.800. The zero-order valence-corrected chi connectivity index (χ0v) is 22.3. The van der Waals surface area contributed by atoms with Gasteiger partial charge in [0.05, 0.1) is 6.42 Å². The summed E-state index contributed by atoms with van der Waals surface area (Å²) < 4.78 is 5.98. The van der Waals surface area contributed by atoms with Crippen molar-refractivity contribution in [1.82, 2.24) is 0 Å². The summed E-state index contributed by atoms with van der Waals surface area (Å²) in [6.07, 6.45) is 7.90. The average molecular weight is 471 g/mol. The van der Waals surface area contributed by atoms with Crippen molar-refractivity contribution >= 4 is 11.9 Å². The number of carboxylic acid groups (broad SMARTS) is 1. The second-order valence-electron chi connectivity index (χ2n) is 13.5. The van der Waals surface area contributed by atoms with E-state index in [9.17, 15) is 14.7 Å². The molecule has 4 rings (SSSR count). The molecule has 4 aliphatic rings. The van der Waals surface area contributed by atoms with Gasteiger partial charge >= 0.3 is 11.9 Å². The summed E-state index contributed by atoms with van der Waals surface area (Å²) in [7, 11) is 0. The maximum atomic E-state index is 12.6. The van der Waals surface area contributed by atoms with E-state index in [0.717, 1.165) is 44.1 Å². The Hall–Kier alpha value is -1.58. The summed E-state index contributed by atoms with van der Waals surface area (Å²) in [6.45, 7) is 22.5. The van der Waals surface area contributed by atoms with Crippen LogP contribution in [0.1, 0.15) is 99.3 Å². The molecule has 0 bridgehead atoms. The van der Waals surface area contributed by atoms with Crippen LogP contribution in [0, 0.1) is 45.3 Å². The summed E-state index contributed by atoms with van der Waals surface area (Å²) in [5, 5.41) is 9.57. The van der Waals surface area contributed by atoms with E-state index in [0.29, 0.717) is 36.5 Å². The molecule has 0 aromatic heterocycles. The van der Waals surface area contributed by atoms with Gasteiger partial charge in [0.25, 0.3) is 0 Å². The number of carboxylic acids is 1. The van der Waals surface area contributed by atoms with Gasteiger partial charge in [0.2, 0.25) is 0 Å². The molecular formula is C30H46O4. The molecule has 3 aliphatic carbocycles. The molecule has 4 nitrogen and oxygen atoms in total. The van der Waals surface area contributed by atoms with Crippen LogP contribution in [-0.4, -0.2) is 23.1 Å². The van der Waals surface area contributed by atoms with Gasteiger partial charge < -0.3 is 9.84 Å². The highest BCUT2D eigenvalue weighted by molar-refractivity contribution is 5.72. The fourth-order valence-corrected chi connectivity index (χ4v) is 9.89. The highest BCUT2D eigenvalue weighted by Crippen LogP contribution is 2.74. The highest BCUT2D eigenvalue weighted by atomic mass is 16.5. The van der Waals surface area contributed by atoms with Crippen molar-refractivity contribution in [3.05, 3.63) is 24.3 Å². The number of esters is 1. The molecule has 190 valence electrons. The molecule has 1 aliphatic heterocycles. The predicted molar refractivity (Wildman–Crippen MR) is 135 cm³/mol. The van der Waals surface area contributed by atoms with Gasteiger partial charge in [-0.3, -0.25) is 9.59 Å². The number of fused-ring (bicyclic) bond motifs is 5. The Labute approximate surface area is 206 Å². The van der Waals surface area contributed by atoms with Gasteiger partial charge in [-0.25, -0.2) is 0 Å². The van der Waals surface area contributed by atoms with Gasteiger partial charge in [0, 0.05) is 12.3 Å². The molecular weight excluding hydrogens is 424 g/mol. The van der Waals surface area contributed by atoms with Crippen molar-refractivity contribution in [1.29, 1.82) is 0 Å². The van der Waals surface area contributed by atoms with Gasteiger partial charge in [-0.2, -0.15) is 0 Å². The fourth-order valence-electron chi connectivity index (χ4n) is 9.89. The summed E-state index contributed by atoms with van der Waals surface area (Å²) in [5.41, 5.74) is 2.34. The molecule has 9 atom stereocenters. The van der Waals surface area contributed by atoms with Gasteiger partial charge in [0.15, 0.2) is 0 Å². The number of rotatable bonds is 5. The third kappa shape index (κ3) is 3.53. The van der Waals surface area contributed by atoms with E-state index in [1.165, 1.54) is 5.57 Å². The van der Waals surface area contributed by atoms with E-state index in [-0.39, 0.29) is 40.2 Å². The molecule has 4 heteroatoms. The van der Waals surface area contributed by atoms with Crippen LogP contribution in [0.2, 0.25) is 0 Å². The van der Waals surface area contributed by atoms with Crippen LogP contribution < -0.4 is 0 Å². The van der Waals surface area contributed by atoms with Gasteiger partial charge in [-0.1, -0.05) is 46.4 Å². The Balaban J connectivity index is 1.76. The monoisotopic (exact) mass is 470 g/mol. The van der Waals surface area contributed by atoms with Crippen LogP contribution in [0.3, 0.4) is 0 Å². The topological polar surface area (TPSA) is 63.6 Å². The third-order valence-electron chi connectivity index (χ3n) is 11.7. The second-order valence-corrected chi connectivity index (χ2v) is 13.5. The molecule has 0 unspecified atom stereocenters. The van der Waals surface area contributed by atoms with Crippen LogP contribution in [0.15, 0.2) is 24.3 Å². The van der Waals surface area contributed by atoms with E-state index in [4.69, 9.17) is 4.74 Å². The van der Waals surface area contributed by atoms with Gasteiger partial charge in [0.1, 0.15) is 6.10 Å². The Morgan fingerprint density at radius 2 is 1.68 bits per heavy atom. The Bertz CT molecular complexity index is 905. The number of cyclic esters (lactones) is 1. The number of ether oxygens (including phenoxy) is 1. The number of hydrogen-bond acceptors (Lipinski definition) is 3. The summed E-state index contributed by atoms with van der Waals surface area (Å²) in [4.78, 5) is 24.2. The summed E-state index contributed by atoms with van der Waals surface area (Å²) in [6, 6.07) is 0. The minimum atomic E-state index is -0.699. The first-order valence-electron chi connectivity index (χ1n) is 13.4. The largest absolute Gasteiger partial charge is 0.481 e. The van der Waals surface area contributed by atoms with Crippen LogP contribution in [0.5, 0.6) is 0 Å². The maximum Gasteiger partial charge on any atom is 0.306 e. The first-order chi connectivity index (χ1) is 15.7. The van der Waals surface area contributed by atoms with E-state index in [1.807, 2.05) is 6.92 Å². The van der Waals surface area contributed by atoms with E-state index in [1.54, 1.807) is 0 Å². The smallest absolute Gasteiger partial charge is 0.306 e. The average Bonchev–Trinajstić information content (AvgIpc) is 2.72. The number of allylic oxidation sites excluding steroid dienone is 1. The summed E-state index contributed by atoms with van der Waals surface area (Å²) in [5.74, 6) is 0.859. The maximum absolute atomic E-state index is 12.6. The lowest BCUT2D eigenvalue weighted by Gasteiger charge is -2.71. The SMILES string of the molecule is C=C(C)[C@@H]1OC(=O)C[C@]2(C)CC[C@]3(C)[C@H](CC[C@@H]4[C@@](C)(CCC(=O)O)[C@H](C(=C)C)CC[C@]43C)[C@@H]12. The predicted octanol–water partition coefficient (Wildman–Crippen LogP) is 7.19.